The van der Waals surface area contributed by atoms with E-state index in [0.29, 0.717) is 38.8 Å². The van der Waals surface area contributed by atoms with Gasteiger partial charge in [0.05, 0.1) is 22.8 Å². The average Bonchev–Trinajstić information content (AvgIpc) is 2.81. The third-order valence-electron chi connectivity index (χ3n) is 5.70. The Morgan fingerprint density at radius 2 is 1.75 bits per heavy atom. The highest BCUT2D eigenvalue weighted by Gasteiger charge is 2.22. The number of pyridine rings is 3. The summed E-state index contributed by atoms with van der Waals surface area (Å²) in [7, 11) is 0. The lowest BCUT2D eigenvalue weighted by Crippen LogP contribution is -2.23. The van der Waals surface area contributed by atoms with E-state index in [-0.39, 0.29) is 12.2 Å². The number of hydrogen-bond acceptors (Lipinski definition) is 7. The lowest BCUT2D eigenvalue weighted by atomic mass is 10.1. The second kappa shape index (κ2) is 9.91. The molecule has 0 spiro atoms. The molecule has 186 valence electrons. The fourth-order valence-corrected chi connectivity index (χ4v) is 4.20. The van der Waals surface area contributed by atoms with Crippen molar-refractivity contribution in [2.75, 3.05) is 0 Å². The molecule has 0 bridgehead atoms. The first-order chi connectivity index (χ1) is 17.0. The Bertz CT molecular complexity index is 1510. The monoisotopic (exact) mass is 549 g/mol. The van der Waals surface area contributed by atoms with Gasteiger partial charge < -0.3 is 9.84 Å². The summed E-state index contributed by atoms with van der Waals surface area (Å²) in [4.78, 5) is 31.3. The minimum absolute atomic E-state index is 0.248. The Kier molecular flexibility index (Phi) is 7.06. The van der Waals surface area contributed by atoms with Crippen LogP contribution in [-0.2, 0) is 12.2 Å². The molecular formula is C27H28BrN5O3. The zero-order valence-corrected chi connectivity index (χ0v) is 22.7. The van der Waals surface area contributed by atoms with Gasteiger partial charge in [-0.05, 0) is 86.8 Å². The quantitative estimate of drug-likeness (QED) is 0.365. The van der Waals surface area contributed by atoms with Gasteiger partial charge in [-0.1, -0.05) is 6.07 Å². The fraction of sp³-hybridized carbons (Fsp3) is 0.296. The molecule has 0 amide bonds. The van der Waals surface area contributed by atoms with Crippen molar-refractivity contribution in [2.24, 2.45) is 0 Å². The molecule has 0 fully saturated rings. The van der Waals surface area contributed by atoms with Crippen molar-refractivity contribution in [2.45, 2.75) is 53.8 Å². The van der Waals surface area contributed by atoms with Crippen molar-refractivity contribution in [1.82, 2.24) is 24.5 Å². The van der Waals surface area contributed by atoms with Gasteiger partial charge in [0.2, 0.25) is 0 Å². The Morgan fingerprint density at radius 1 is 1.03 bits per heavy atom. The van der Waals surface area contributed by atoms with Gasteiger partial charge in [-0.3, -0.25) is 19.3 Å². The van der Waals surface area contributed by atoms with E-state index in [1.807, 2.05) is 58.0 Å². The van der Waals surface area contributed by atoms with Crippen LogP contribution in [0.1, 0.15) is 47.9 Å². The van der Waals surface area contributed by atoms with Crippen LogP contribution in [0.2, 0.25) is 0 Å². The molecule has 4 aromatic heterocycles. The Hall–Kier alpha value is -3.43. The molecule has 0 aliphatic carbocycles. The molecule has 1 N–H and O–H groups in total. The van der Waals surface area contributed by atoms with Crippen LogP contribution in [-0.4, -0.2) is 29.6 Å². The predicted octanol–water partition coefficient (Wildman–Crippen LogP) is 4.89. The molecule has 0 radical (unpaired) electrons. The van der Waals surface area contributed by atoms with E-state index < -0.39 is 5.60 Å². The minimum Gasteiger partial charge on any atom is -0.486 e. The molecule has 8 nitrogen and oxygen atoms in total. The number of aryl methyl sites for hydroxylation is 4. The van der Waals surface area contributed by atoms with Crippen molar-refractivity contribution in [3.63, 3.8) is 0 Å². The third kappa shape index (κ3) is 5.22. The predicted molar refractivity (Wildman–Crippen MR) is 141 cm³/mol. The molecule has 4 rings (SSSR count). The second-order valence-electron chi connectivity index (χ2n) is 9.30. The van der Waals surface area contributed by atoms with Crippen molar-refractivity contribution in [1.29, 1.82) is 0 Å². The van der Waals surface area contributed by atoms with Gasteiger partial charge in [-0.15, -0.1) is 0 Å². The summed E-state index contributed by atoms with van der Waals surface area (Å²) in [6.45, 7) is 11.1. The van der Waals surface area contributed by atoms with Crippen molar-refractivity contribution >= 4 is 15.9 Å². The third-order valence-corrected chi connectivity index (χ3v) is 6.43. The number of ether oxygens (including phenoxy) is 1. The Labute approximate surface area is 218 Å². The molecule has 0 unspecified atom stereocenters. The first-order valence-corrected chi connectivity index (χ1v) is 12.3. The maximum absolute atomic E-state index is 13.5. The summed E-state index contributed by atoms with van der Waals surface area (Å²) < 4.78 is 7.88. The molecule has 0 atom stereocenters. The van der Waals surface area contributed by atoms with Crippen molar-refractivity contribution in [3.8, 4) is 22.8 Å². The van der Waals surface area contributed by atoms with Crippen LogP contribution in [0.15, 0.2) is 52.0 Å². The number of halogens is 1. The summed E-state index contributed by atoms with van der Waals surface area (Å²) in [5.41, 5.74) is 4.42. The van der Waals surface area contributed by atoms with E-state index >= 15 is 0 Å². The molecule has 0 aliphatic heterocycles. The Balaban J connectivity index is 1.75. The zero-order valence-electron chi connectivity index (χ0n) is 21.1. The summed E-state index contributed by atoms with van der Waals surface area (Å²) in [5, 5.41) is 10.4. The fourth-order valence-electron chi connectivity index (χ4n) is 3.80. The topological polar surface area (TPSA) is 103 Å². The number of aromatic nitrogens is 5. The highest BCUT2D eigenvalue weighted by atomic mass is 79.9. The lowest BCUT2D eigenvalue weighted by Gasteiger charge is -2.18. The highest BCUT2D eigenvalue weighted by Crippen LogP contribution is 2.28. The summed E-state index contributed by atoms with van der Waals surface area (Å²) in [6.07, 6.45) is 3.38. The molecule has 0 saturated heterocycles. The van der Waals surface area contributed by atoms with Gasteiger partial charge >= 0.3 is 0 Å². The molecule has 0 aliphatic rings. The molecule has 36 heavy (non-hydrogen) atoms. The maximum Gasteiger partial charge on any atom is 0.273 e. The van der Waals surface area contributed by atoms with Gasteiger partial charge in [-0.2, -0.15) is 0 Å². The first-order valence-electron chi connectivity index (χ1n) is 11.5. The minimum atomic E-state index is -1.20. The van der Waals surface area contributed by atoms with E-state index in [1.54, 1.807) is 30.8 Å². The SMILES string of the molecule is Cc1cccc(COc2cc(C)n(-c3cc(-c4nc(C(C)(C)O)ncc4C)ncc3C)c(=O)c2Br)n1. The van der Waals surface area contributed by atoms with E-state index in [9.17, 15) is 9.90 Å². The van der Waals surface area contributed by atoms with Crippen LogP contribution < -0.4 is 10.3 Å². The number of rotatable bonds is 6. The van der Waals surface area contributed by atoms with Crippen LogP contribution in [0.3, 0.4) is 0 Å². The highest BCUT2D eigenvalue weighted by molar-refractivity contribution is 9.10. The molecular weight excluding hydrogens is 522 g/mol. The number of hydrogen-bond donors (Lipinski definition) is 1. The van der Waals surface area contributed by atoms with Crippen LogP contribution in [0, 0.1) is 27.7 Å². The molecule has 4 aromatic rings. The first kappa shape index (κ1) is 25.7. The molecule has 0 saturated carbocycles. The van der Waals surface area contributed by atoms with Gasteiger partial charge in [0.15, 0.2) is 5.82 Å². The van der Waals surface area contributed by atoms with Crippen LogP contribution >= 0.6 is 15.9 Å². The second-order valence-corrected chi connectivity index (χ2v) is 10.1. The van der Waals surface area contributed by atoms with Gasteiger partial charge in [0, 0.05) is 29.8 Å². The van der Waals surface area contributed by atoms with Gasteiger partial charge in [-0.25, -0.2) is 9.97 Å². The van der Waals surface area contributed by atoms with E-state index in [4.69, 9.17) is 4.74 Å². The lowest BCUT2D eigenvalue weighted by molar-refractivity contribution is 0.0688. The normalized spacial score (nSPS) is 11.6. The van der Waals surface area contributed by atoms with Crippen LogP contribution in [0.5, 0.6) is 5.75 Å². The van der Waals surface area contributed by atoms with Gasteiger partial charge in [0.1, 0.15) is 22.4 Å². The number of nitrogens with zero attached hydrogens (tertiary/aromatic N) is 5. The summed E-state index contributed by atoms with van der Waals surface area (Å²) in [5.74, 6) is 0.748. The average molecular weight is 550 g/mol. The Morgan fingerprint density at radius 3 is 2.44 bits per heavy atom. The molecule has 9 heteroatoms. The van der Waals surface area contributed by atoms with E-state index in [0.717, 1.165) is 22.5 Å². The van der Waals surface area contributed by atoms with Gasteiger partial charge in [0.25, 0.3) is 5.56 Å². The van der Waals surface area contributed by atoms with Crippen LogP contribution in [0.4, 0.5) is 0 Å². The molecule has 4 heterocycles. The van der Waals surface area contributed by atoms with E-state index in [2.05, 4.69) is 35.9 Å². The zero-order chi connectivity index (χ0) is 26.2. The van der Waals surface area contributed by atoms with E-state index in [1.165, 1.54) is 0 Å². The number of aliphatic hydroxyl groups is 1. The van der Waals surface area contributed by atoms with Crippen molar-refractivity contribution in [3.05, 3.63) is 91.6 Å². The largest absolute Gasteiger partial charge is 0.486 e. The molecule has 0 aromatic carbocycles. The standard InChI is InChI=1S/C27H28BrN5O3/c1-15-12-29-20(24-16(2)13-30-26(32-24)27(5,6)35)11-21(15)33-18(4)10-22(23(28)25(33)34)36-14-19-9-7-8-17(3)31-19/h7-13,35H,14H2,1-6H3. The van der Waals surface area contributed by atoms with Crippen molar-refractivity contribution < 1.29 is 9.84 Å². The van der Waals surface area contributed by atoms with Crippen LogP contribution in [0.25, 0.3) is 17.1 Å². The smallest absolute Gasteiger partial charge is 0.273 e. The summed E-state index contributed by atoms with van der Waals surface area (Å²) >= 11 is 3.44. The summed E-state index contributed by atoms with van der Waals surface area (Å²) in [6, 6.07) is 9.38. The maximum atomic E-state index is 13.5.